The van der Waals surface area contributed by atoms with Gasteiger partial charge in [0.15, 0.2) is 13.5 Å². The van der Waals surface area contributed by atoms with Crippen molar-refractivity contribution in [3.8, 4) is 16.9 Å². The molecule has 4 aromatic rings. The number of nitrogens with zero attached hydrogens (tertiary/aromatic N) is 6. The SMILES string of the molecule is [B]C(=O)c1ccccc1-c1nc2c(cc1Cl)c(N1CCN(C(=O)C=C)C[C@]1([B])C)nc(=O)n2-c1c(C)ccnc1C(C)C. The standard InChI is InChI=1S/C31H29B2ClN6O3/c1-6-23(41)38-13-14-39(31(5,33)16-38)28-21-15-22(34)25(19-9-7-8-10-20(19)27(32)42)36-29(21)40(30(43)37-28)26-18(4)11-12-35-24(26)17(2)3/h6-12,15,17H,1,13-14,16H2,2-5H3/t31-/m0/s1. The second kappa shape index (κ2) is 11.4. The zero-order valence-electron chi connectivity index (χ0n) is 24.5. The molecular weight excluding hydrogens is 561 g/mol. The molecule has 1 fully saturated rings. The summed E-state index contributed by atoms with van der Waals surface area (Å²) in [6, 6.07) is 10.2. The molecule has 1 atom stereocenters. The number of aryl methyl sites for hydroxylation is 1. The van der Waals surface area contributed by atoms with Crippen LogP contribution in [-0.4, -0.2) is 76.8 Å². The molecule has 0 unspecified atom stereocenters. The highest BCUT2D eigenvalue weighted by Gasteiger charge is 2.37. The molecule has 0 N–H and O–H groups in total. The molecule has 3 aromatic heterocycles. The smallest absolute Gasteiger partial charge is 0.355 e. The van der Waals surface area contributed by atoms with Crippen LogP contribution in [0.25, 0.3) is 28.0 Å². The third-order valence-electron chi connectivity index (χ3n) is 7.64. The Morgan fingerprint density at radius 2 is 1.88 bits per heavy atom. The van der Waals surface area contributed by atoms with Crippen LogP contribution in [0.15, 0.2) is 60.0 Å². The van der Waals surface area contributed by atoms with Crippen LogP contribution in [0.2, 0.25) is 5.02 Å². The van der Waals surface area contributed by atoms with Crippen LogP contribution in [0.4, 0.5) is 5.82 Å². The average molecular weight is 591 g/mol. The predicted molar refractivity (Wildman–Crippen MR) is 171 cm³/mol. The quantitative estimate of drug-likeness (QED) is 0.248. The summed E-state index contributed by atoms with van der Waals surface area (Å²) in [5.41, 5.74) is 0.915. The monoisotopic (exact) mass is 590 g/mol. The first kappa shape index (κ1) is 30.2. The molecule has 1 aromatic carbocycles. The van der Waals surface area contributed by atoms with E-state index >= 15 is 0 Å². The van der Waals surface area contributed by atoms with Crippen molar-refractivity contribution in [2.45, 2.75) is 39.1 Å². The van der Waals surface area contributed by atoms with Gasteiger partial charge in [0.05, 0.1) is 27.5 Å². The molecule has 1 aliphatic heterocycles. The Morgan fingerprint density at radius 1 is 1.16 bits per heavy atom. The number of amides is 1. The van der Waals surface area contributed by atoms with Gasteiger partial charge >= 0.3 is 5.69 Å². The summed E-state index contributed by atoms with van der Waals surface area (Å²) in [5, 5.41) is 0.684. The molecule has 0 bridgehead atoms. The van der Waals surface area contributed by atoms with Crippen molar-refractivity contribution >= 4 is 55.7 Å². The van der Waals surface area contributed by atoms with E-state index in [1.54, 1.807) is 53.3 Å². The number of piperazine rings is 1. The van der Waals surface area contributed by atoms with Crippen molar-refractivity contribution in [2.75, 3.05) is 24.5 Å². The number of aromatic nitrogens is 4. The Bertz CT molecular complexity index is 1860. The zero-order valence-corrected chi connectivity index (χ0v) is 25.2. The van der Waals surface area contributed by atoms with Gasteiger partial charge in [-0.15, -0.1) is 0 Å². The maximum absolute atomic E-state index is 14.1. The number of halogens is 1. The van der Waals surface area contributed by atoms with E-state index in [-0.39, 0.29) is 46.1 Å². The van der Waals surface area contributed by atoms with Crippen LogP contribution >= 0.6 is 11.6 Å². The van der Waals surface area contributed by atoms with Gasteiger partial charge in [0.25, 0.3) is 0 Å². The van der Waals surface area contributed by atoms with Crippen molar-refractivity contribution in [3.05, 3.63) is 87.6 Å². The summed E-state index contributed by atoms with van der Waals surface area (Å²) in [7, 11) is 12.5. The summed E-state index contributed by atoms with van der Waals surface area (Å²) in [4.78, 5) is 56.3. The fourth-order valence-corrected chi connectivity index (χ4v) is 5.84. The molecule has 12 heteroatoms. The van der Waals surface area contributed by atoms with Gasteiger partial charge in [0.1, 0.15) is 19.3 Å². The first-order valence-corrected chi connectivity index (χ1v) is 14.2. The van der Waals surface area contributed by atoms with Crippen LogP contribution < -0.4 is 10.6 Å². The summed E-state index contributed by atoms with van der Waals surface area (Å²) < 4.78 is 1.44. The Kier molecular flexibility index (Phi) is 8.05. The van der Waals surface area contributed by atoms with Crippen molar-refractivity contribution < 1.29 is 9.59 Å². The van der Waals surface area contributed by atoms with Crippen molar-refractivity contribution in [2.24, 2.45) is 0 Å². The Labute approximate surface area is 257 Å². The lowest BCUT2D eigenvalue weighted by molar-refractivity contribution is -0.127. The highest BCUT2D eigenvalue weighted by Crippen LogP contribution is 2.37. The molecule has 1 saturated heterocycles. The molecule has 1 amide bonds. The zero-order chi connectivity index (χ0) is 31.2. The molecule has 9 nitrogen and oxygen atoms in total. The number of carbonyl (C=O) groups is 2. The normalized spacial score (nSPS) is 17.0. The minimum Gasteiger partial charge on any atom is -0.356 e. The number of hydrogen-bond donors (Lipinski definition) is 0. The first-order chi connectivity index (χ1) is 20.4. The molecular formula is C31H29B2ClN6O3. The van der Waals surface area contributed by atoms with Gasteiger partial charge in [-0.3, -0.25) is 9.78 Å². The first-order valence-electron chi connectivity index (χ1n) is 13.8. The largest absolute Gasteiger partial charge is 0.356 e. The van der Waals surface area contributed by atoms with E-state index in [0.717, 1.165) is 5.56 Å². The van der Waals surface area contributed by atoms with E-state index in [1.807, 2.05) is 26.8 Å². The Balaban J connectivity index is 1.86. The minimum atomic E-state index is -1.09. The van der Waals surface area contributed by atoms with Gasteiger partial charge in [-0.05, 0) is 43.5 Å². The highest BCUT2D eigenvalue weighted by atomic mass is 35.5. The molecule has 43 heavy (non-hydrogen) atoms. The number of fused-ring (bicyclic) bond motifs is 1. The van der Waals surface area contributed by atoms with Gasteiger partial charge in [-0.25, -0.2) is 14.3 Å². The molecule has 5 rings (SSSR count). The number of hydrogen-bond acceptors (Lipinski definition) is 7. The van der Waals surface area contributed by atoms with Gasteiger partial charge in [-0.2, -0.15) is 4.98 Å². The van der Waals surface area contributed by atoms with Crippen LogP contribution in [0.5, 0.6) is 0 Å². The molecule has 4 heterocycles. The van der Waals surface area contributed by atoms with E-state index in [0.29, 0.717) is 35.4 Å². The second-order valence-corrected chi connectivity index (χ2v) is 11.5. The van der Waals surface area contributed by atoms with E-state index in [2.05, 4.69) is 16.5 Å². The minimum absolute atomic E-state index is 0.0262. The summed E-state index contributed by atoms with van der Waals surface area (Å²) in [6.07, 6.45) is 2.95. The Morgan fingerprint density at radius 3 is 2.53 bits per heavy atom. The summed E-state index contributed by atoms with van der Waals surface area (Å²) in [6.45, 7) is 12.0. The van der Waals surface area contributed by atoms with Crippen LogP contribution in [0, 0.1) is 6.92 Å². The fourth-order valence-electron chi connectivity index (χ4n) is 5.58. The van der Waals surface area contributed by atoms with E-state index in [4.69, 9.17) is 32.3 Å². The molecule has 1 aliphatic rings. The topological polar surface area (TPSA) is 101 Å². The van der Waals surface area contributed by atoms with Gasteiger partial charge in [-0.1, -0.05) is 56.3 Å². The predicted octanol–water partition coefficient (Wildman–Crippen LogP) is 3.96. The molecule has 4 radical (unpaired) electrons. The third kappa shape index (κ3) is 5.38. The van der Waals surface area contributed by atoms with Crippen LogP contribution in [-0.2, 0) is 4.79 Å². The molecule has 0 aliphatic carbocycles. The third-order valence-corrected chi connectivity index (χ3v) is 7.93. The molecule has 0 saturated carbocycles. The maximum Gasteiger partial charge on any atom is 0.355 e. The number of pyridine rings is 2. The van der Waals surface area contributed by atoms with Gasteiger partial charge in [0.2, 0.25) is 5.91 Å². The average Bonchev–Trinajstić information content (AvgIpc) is 2.96. The lowest BCUT2D eigenvalue weighted by Gasteiger charge is -2.48. The van der Waals surface area contributed by atoms with Crippen molar-refractivity contribution in [1.82, 2.24) is 24.4 Å². The number of rotatable bonds is 6. The fraction of sp³-hybridized carbons (Fsp3) is 0.290. The molecule has 214 valence electrons. The number of carbonyl (C=O) groups excluding carboxylic acids is 2. The Hall–Kier alpha value is -4.24. The highest BCUT2D eigenvalue weighted by molar-refractivity contribution is 6.63. The van der Waals surface area contributed by atoms with Crippen LogP contribution in [0.3, 0.4) is 0 Å². The number of anilines is 1. The lowest BCUT2D eigenvalue weighted by Crippen LogP contribution is -2.63. The van der Waals surface area contributed by atoms with E-state index in [1.165, 1.54) is 10.6 Å². The van der Waals surface area contributed by atoms with Crippen molar-refractivity contribution in [3.63, 3.8) is 0 Å². The second-order valence-electron chi connectivity index (χ2n) is 11.1. The van der Waals surface area contributed by atoms with E-state index < -0.39 is 16.8 Å². The maximum atomic E-state index is 14.1. The van der Waals surface area contributed by atoms with E-state index in [9.17, 15) is 14.4 Å². The lowest BCUT2D eigenvalue weighted by atomic mass is 9.76. The number of benzene rings is 1. The summed E-state index contributed by atoms with van der Waals surface area (Å²) >= 11 is 6.88. The molecule has 0 spiro atoms. The summed E-state index contributed by atoms with van der Waals surface area (Å²) in [5.74, 6) is 0.0192. The van der Waals surface area contributed by atoms with Gasteiger partial charge in [0, 0.05) is 42.4 Å². The van der Waals surface area contributed by atoms with Crippen molar-refractivity contribution in [1.29, 1.82) is 0 Å². The van der Waals surface area contributed by atoms with Crippen LogP contribution in [0.1, 0.15) is 48.3 Å². The van der Waals surface area contributed by atoms with Gasteiger partial charge < -0.3 is 14.6 Å².